The Hall–Kier alpha value is -1.51. The summed E-state index contributed by atoms with van der Waals surface area (Å²) in [4.78, 5) is 14.2. The molecule has 0 aliphatic carbocycles. The van der Waals surface area contributed by atoms with E-state index in [0.717, 1.165) is 24.4 Å². The van der Waals surface area contributed by atoms with Gasteiger partial charge in [-0.2, -0.15) is 0 Å². The lowest BCUT2D eigenvalue weighted by molar-refractivity contribution is -0.127. The van der Waals surface area contributed by atoms with Crippen LogP contribution in [-0.2, 0) is 4.79 Å². The van der Waals surface area contributed by atoms with Crippen molar-refractivity contribution in [1.82, 2.24) is 0 Å². The summed E-state index contributed by atoms with van der Waals surface area (Å²) < 4.78 is 5.39. The number of rotatable bonds is 2. The van der Waals surface area contributed by atoms with Crippen molar-refractivity contribution >= 4 is 11.5 Å². The fourth-order valence-electron chi connectivity index (χ4n) is 2.27. The van der Waals surface area contributed by atoms with Gasteiger partial charge in [-0.05, 0) is 31.0 Å². The van der Waals surface area contributed by atoms with E-state index in [-0.39, 0.29) is 5.41 Å². The van der Waals surface area contributed by atoms with Crippen molar-refractivity contribution in [3.05, 3.63) is 23.8 Å². The second kappa shape index (κ2) is 4.63. The summed E-state index contributed by atoms with van der Waals surface area (Å²) in [6, 6.07) is 6.08. The Morgan fingerprint density at radius 3 is 2.67 bits per heavy atom. The molecule has 0 atom stereocenters. The van der Waals surface area contributed by atoms with Gasteiger partial charge in [0.25, 0.3) is 0 Å². The van der Waals surface area contributed by atoms with Crippen molar-refractivity contribution < 1.29 is 9.53 Å². The minimum Gasteiger partial charge on any atom is -0.495 e. The zero-order valence-electron chi connectivity index (χ0n) is 11.6. The van der Waals surface area contributed by atoms with Gasteiger partial charge >= 0.3 is 0 Å². The van der Waals surface area contributed by atoms with Gasteiger partial charge in [-0.25, -0.2) is 0 Å². The molecule has 1 aromatic carbocycles. The maximum Gasteiger partial charge on any atom is 0.157 e. The van der Waals surface area contributed by atoms with Crippen LogP contribution in [0.25, 0.3) is 0 Å². The van der Waals surface area contributed by atoms with Gasteiger partial charge in [0.15, 0.2) is 5.78 Å². The molecule has 0 bridgehead atoms. The molecule has 3 nitrogen and oxygen atoms in total. The molecule has 1 aliphatic rings. The number of aryl methyl sites for hydroxylation is 1. The van der Waals surface area contributed by atoms with Crippen molar-refractivity contribution in [3.63, 3.8) is 0 Å². The fourth-order valence-corrected chi connectivity index (χ4v) is 2.27. The highest BCUT2D eigenvalue weighted by Gasteiger charge is 2.34. The van der Waals surface area contributed by atoms with Gasteiger partial charge in [0.2, 0.25) is 0 Å². The number of hydrogen-bond acceptors (Lipinski definition) is 3. The number of Topliss-reactive ketones (excluding diaryl/α,β-unsaturated/α-hetero) is 1. The third kappa shape index (κ3) is 2.35. The number of hydrogen-bond donors (Lipinski definition) is 0. The van der Waals surface area contributed by atoms with E-state index in [1.54, 1.807) is 7.11 Å². The first-order valence-electron chi connectivity index (χ1n) is 6.37. The van der Waals surface area contributed by atoms with Crippen LogP contribution in [0, 0.1) is 12.3 Å². The number of methoxy groups -OCH3 is 1. The highest BCUT2D eigenvalue weighted by Crippen LogP contribution is 2.34. The molecular weight excluding hydrogens is 226 g/mol. The Kier molecular flexibility index (Phi) is 3.33. The van der Waals surface area contributed by atoms with E-state index in [9.17, 15) is 4.79 Å². The molecule has 1 saturated heterocycles. The van der Waals surface area contributed by atoms with Crippen LogP contribution >= 0.6 is 0 Å². The van der Waals surface area contributed by atoms with Crippen molar-refractivity contribution in [2.24, 2.45) is 5.41 Å². The zero-order valence-corrected chi connectivity index (χ0v) is 11.6. The standard InChI is InChI=1S/C15H21NO2/c1-11-5-6-13(18-4)12(9-11)16-8-7-15(2,3)14(17)10-16/h5-6,9H,7-8,10H2,1-4H3. The van der Waals surface area contributed by atoms with Gasteiger partial charge in [0.05, 0.1) is 19.3 Å². The van der Waals surface area contributed by atoms with Gasteiger partial charge < -0.3 is 9.64 Å². The molecule has 0 spiro atoms. The quantitative estimate of drug-likeness (QED) is 0.805. The van der Waals surface area contributed by atoms with Gasteiger partial charge in [0, 0.05) is 12.0 Å². The molecule has 0 unspecified atom stereocenters. The summed E-state index contributed by atoms with van der Waals surface area (Å²) in [5, 5.41) is 0. The Bertz CT molecular complexity index is 466. The van der Waals surface area contributed by atoms with Crippen LogP contribution in [0.5, 0.6) is 5.75 Å². The number of nitrogens with zero attached hydrogens (tertiary/aromatic N) is 1. The average molecular weight is 247 g/mol. The monoisotopic (exact) mass is 247 g/mol. The lowest BCUT2D eigenvalue weighted by Crippen LogP contribution is -2.45. The van der Waals surface area contributed by atoms with E-state index >= 15 is 0 Å². The second-order valence-corrected chi connectivity index (χ2v) is 5.65. The molecular formula is C15H21NO2. The average Bonchev–Trinajstić information content (AvgIpc) is 2.33. The number of benzene rings is 1. The van der Waals surface area contributed by atoms with Crippen molar-refractivity contribution in [2.45, 2.75) is 27.2 Å². The van der Waals surface area contributed by atoms with Gasteiger partial charge in [0.1, 0.15) is 5.75 Å². The summed E-state index contributed by atoms with van der Waals surface area (Å²) in [7, 11) is 1.67. The molecule has 1 heterocycles. The molecule has 1 aliphatic heterocycles. The maximum absolute atomic E-state index is 12.1. The smallest absolute Gasteiger partial charge is 0.157 e. The number of piperidine rings is 1. The van der Waals surface area contributed by atoms with Crippen molar-refractivity contribution in [2.75, 3.05) is 25.1 Å². The van der Waals surface area contributed by atoms with Crippen LogP contribution in [0.1, 0.15) is 25.8 Å². The van der Waals surface area contributed by atoms with E-state index in [4.69, 9.17) is 4.74 Å². The molecule has 18 heavy (non-hydrogen) atoms. The summed E-state index contributed by atoms with van der Waals surface area (Å²) in [6.45, 7) is 7.49. The van der Waals surface area contributed by atoms with Crippen LogP contribution in [0.3, 0.4) is 0 Å². The normalized spacial score (nSPS) is 18.9. The van der Waals surface area contributed by atoms with E-state index in [0.29, 0.717) is 12.3 Å². The summed E-state index contributed by atoms with van der Waals surface area (Å²) >= 11 is 0. The van der Waals surface area contributed by atoms with E-state index in [1.165, 1.54) is 5.56 Å². The second-order valence-electron chi connectivity index (χ2n) is 5.65. The Balaban J connectivity index is 2.28. The SMILES string of the molecule is COc1ccc(C)cc1N1CCC(C)(C)C(=O)C1. The van der Waals surface area contributed by atoms with E-state index in [1.807, 2.05) is 26.0 Å². The van der Waals surface area contributed by atoms with Gasteiger partial charge in [-0.1, -0.05) is 19.9 Å². The van der Waals surface area contributed by atoms with Gasteiger partial charge in [-0.15, -0.1) is 0 Å². The summed E-state index contributed by atoms with van der Waals surface area (Å²) in [6.07, 6.45) is 0.892. The van der Waals surface area contributed by atoms with Crippen LogP contribution in [0.15, 0.2) is 18.2 Å². The molecule has 0 N–H and O–H groups in total. The van der Waals surface area contributed by atoms with Crippen LogP contribution in [0.2, 0.25) is 0 Å². The molecule has 3 heteroatoms. The lowest BCUT2D eigenvalue weighted by atomic mass is 9.81. The van der Waals surface area contributed by atoms with E-state index < -0.39 is 0 Å². The van der Waals surface area contributed by atoms with Crippen molar-refractivity contribution in [3.8, 4) is 5.75 Å². The summed E-state index contributed by atoms with van der Waals surface area (Å²) in [5.74, 6) is 1.14. The minimum atomic E-state index is -0.187. The Morgan fingerprint density at radius 2 is 2.06 bits per heavy atom. The fraction of sp³-hybridized carbons (Fsp3) is 0.533. The first-order chi connectivity index (χ1) is 8.44. The molecule has 1 aromatic rings. The molecule has 98 valence electrons. The highest BCUT2D eigenvalue weighted by atomic mass is 16.5. The topological polar surface area (TPSA) is 29.5 Å². The number of anilines is 1. The minimum absolute atomic E-state index is 0.187. The Morgan fingerprint density at radius 1 is 1.33 bits per heavy atom. The third-order valence-corrected chi connectivity index (χ3v) is 3.77. The molecule has 0 amide bonds. The molecule has 0 aromatic heterocycles. The Labute approximate surface area is 109 Å². The zero-order chi connectivity index (χ0) is 13.3. The number of carbonyl (C=O) groups is 1. The van der Waals surface area contributed by atoms with E-state index in [2.05, 4.69) is 17.9 Å². The molecule has 0 radical (unpaired) electrons. The lowest BCUT2D eigenvalue weighted by Gasteiger charge is -2.37. The predicted octanol–water partition coefficient (Wildman–Crippen LogP) is 2.81. The number of carbonyl (C=O) groups excluding carboxylic acids is 1. The first kappa shape index (κ1) is 12.9. The molecule has 0 saturated carbocycles. The predicted molar refractivity (Wildman–Crippen MR) is 73.3 cm³/mol. The largest absolute Gasteiger partial charge is 0.495 e. The molecule has 1 fully saturated rings. The maximum atomic E-state index is 12.1. The molecule has 2 rings (SSSR count). The summed E-state index contributed by atoms with van der Waals surface area (Å²) in [5.41, 5.74) is 2.03. The number of ether oxygens (including phenoxy) is 1. The van der Waals surface area contributed by atoms with Crippen molar-refractivity contribution in [1.29, 1.82) is 0 Å². The van der Waals surface area contributed by atoms with Crippen LogP contribution in [-0.4, -0.2) is 26.0 Å². The van der Waals surface area contributed by atoms with Gasteiger partial charge in [-0.3, -0.25) is 4.79 Å². The van der Waals surface area contributed by atoms with Crippen LogP contribution < -0.4 is 9.64 Å². The highest BCUT2D eigenvalue weighted by molar-refractivity contribution is 5.90. The third-order valence-electron chi connectivity index (χ3n) is 3.77. The number of ketones is 1. The first-order valence-corrected chi connectivity index (χ1v) is 6.37. The van der Waals surface area contributed by atoms with Crippen LogP contribution in [0.4, 0.5) is 5.69 Å².